The second-order valence-corrected chi connectivity index (χ2v) is 7.81. The van der Waals surface area contributed by atoms with Crippen LogP contribution in [0.15, 0.2) is 59.1 Å². The van der Waals surface area contributed by atoms with E-state index in [0.717, 1.165) is 11.9 Å². The van der Waals surface area contributed by atoms with Crippen molar-refractivity contribution in [3.05, 3.63) is 76.0 Å². The number of benzene rings is 2. The molecule has 0 aliphatic rings. The van der Waals surface area contributed by atoms with Crippen molar-refractivity contribution in [3.63, 3.8) is 0 Å². The summed E-state index contributed by atoms with van der Waals surface area (Å²) < 4.78 is 5.93. The van der Waals surface area contributed by atoms with Gasteiger partial charge in [-0.15, -0.1) is 0 Å². The zero-order chi connectivity index (χ0) is 21.3. The number of aromatic nitrogens is 2. The third kappa shape index (κ3) is 4.04. The van der Waals surface area contributed by atoms with Crippen LogP contribution in [-0.4, -0.2) is 15.9 Å². The molecule has 5 nitrogen and oxygen atoms in total. The lowest BCUT2D eigenvalue weighted by molar-refractivity contribution is 0.102. The van der Waals surface area contributed by atoms with Crippen molar-refractivity contribution >= 4 is 45.9 Å². The van der Waals surface area contributed by atoms with Gasteiger partial charge < -0.3 is 9.73 Å². The summed E-state index contributed by atoms with van der Waals surface area (Å²) in [7, 11) is 0. The van der Waals surface area contributed by atoms with E-state index in [9.17, 15) is 4.79 Å². The van der Waals surface area contributed by atoms with Crippen LogP contribution in [0.4, 0.5) is 5.69 Å². The molecular weight excluding hydrogens is 421 g/mol. The summed E-state index contributed by atoms with van der Waals surface area (Å²) in [4.78, 5) is 21.1. The maximum atomic E-state index is 12.6. The molecular formula is C23H19Cl2N3O2. The highest BCUT2D eigenvalue weighted by molar-refractivity contribution is 6.35. The number of anilines is 1. The molecule has 30 heavy (non-hydrogen) atoms. The number of pyridine rings is 1. The van der Waals surface area contributed by atoms with E-state index >= 15 is 0 Å². The highest BCUT2D eigenvalue weighted by Crippen LogP contribution is 2.32. The van der Waals surface area contributed by atoms with Crippen molar-refractivity contribution in [2.45, 2.75) is 26.2 Å². The summed E-state index contributed by atoms with van der Waals surface area (Å²) in [5.41, 5.74) is 4.13. The molecule has 4 rings (SSSR count). The molecule has 0 aliphatic carbocycles. The molecule has 0 radical (unpaired) electrons. The zero-order valence-electron chi connectivity index (χ0n) is 16.4. The molecule has 1 amide bonds. The van der Waals surface area contributed by atoms with Crippen molar-refractivity contribution in [1.82, 2.24) is 9.97 Å². The molecule has 152 valence electrons. The Bertz CT molecular complexity index is 1240. The second-order valence-electron chi connectivity index (χ2n) is 7.05. The van der Waals surface area contributed by atoms with Crippen molar-refractivity contribution < 1.29 is 9.21 Å². The van der Waals surface area contributed by atoms with Gasteiger partial charge in [0.1, 0.15) is 10.7 Å². The number of nitrogens with one attached hydrogen (secondary N) is 1. The van der Waals surface area contributed by atoms with E-state index in [4.69, 9.17) is 27.6 Å². The number of hydrogen-bond donors (Lipinski definition) is 1. The van der Waals surface area contributed by atoms with Gasteiger partial charge in [0.05, 0.1) is 16.3 Å². The van der Waals surface area contributed by atoms with Gasteiger partial charge in [0.15, 0.2) is 5.58 Å². The van der Waals surface area contributed by atoms with Gasteiger partial charge in [-0.2, -0.15) is 0 Å². The Morgan fingerprint density at radius 1 is 1.17 bits per heavy atom. The van der Waals surface area contributed by atoms with Crippen LogP contribution in [0.3, 0.4) is 0 Å². The average molecular weight is 440 g/mol. The molecule has 2 aromatic heterocycles. The first-order chi connectivity index (χ1) is 14.5. The molecule has 0 fully saturated rings. The lowest BCUT2D eigenvalue weighted by Crippen LogP contribution is -2.13. The summed E-state index contributed by atoms with van der Waals surface area (Å²) in [5, 5.41) is 3.29. The van der Waals surface area contributed by atoms with Gasteiger partial charge in [-0.3, -0.25) is 4.79 Å². The first kappa shape index (κ1) is 20.4. The van der Waals surface area contributed by atoms with Crippen LogP contribution in [0.1, 0.15) is 42.1 Å². The Morgan fingerprint density at radius 2 is 2.00 bits per heavy atom. The molecule has 4 aromatic rings. The minimum atomic E-state index is -0.400. The number of fused-ring (bicyclic) bond motifs is 1. The molecule has 0 saturated heterocycles. The maximum Gasteiger partial charge on any atom is 0.258 e. The van der Waals surface area contributed by atoms with Gasteiger partial charge in [0.25, 0.3) is 5.91 Å². The standard InChI is InChI=1S/C23H19Cl2N3O2/c1-3-13(2)14-7-9-20-19(11-14)28-23(30-20)15-6-8-17(24)18(12-15)27-22(29)16-5-4-10-26-21(16)25/h4-13H,3H2,1-2H3,(H,27,29)/t13-/m1/s1. The minimum Gasteiger partial charge on any atom is -0.436 e. The monoisotopic (exact) mass is 439 g/mol. The van der Waals surface area contributed by atoms with Crippen LogP contribution in [0.25, 0.3) is 22.6 Å². The first-order valence-electron chi connectivity index (χ1n) is 9.58. The number of hydrogen-bond acceptors (Lipinski definition) is 4. The van der Waals surface area contributed by atoms with Crippen LogP contribution < -0.4 is 5.32 Å². The van der Waals surface area contributed by atoms with Gasteiger partial charge in [-0.25, -0.2) is 9.97 Å². The molecule has 1 N–H and O–H groups in total. The smallest absolute Gasteiger partial charge is 0.258 e. The highest BCUT2D eigenvalue weighted by atomic mass is 35.5. The van der Waals surface area contributed by atoms with E-state index in [-0.39, 0.29) is 10.7 Å². The fraction of sp³-hybridized carbons (Fsp3) is 0.174. The number of halogens is 2. The molecule has 0 unspecified atom stereocenters. The number of carbonyl (C=O) groups is 1. The predicted molar refractivity (Wildman–Crippen MR) is 120 cm³/mol. The van der Waals surface area contributed by atoms with E-state index in [0.29, 0.717) is 33.7 Å². The van der Waals surface area contributed by atoms with E-state index in [1.165, 1.54) is 11.8 Å². The Morgan fingerprint density at radius 3 is 2.77 bits per heavy atom. The van der Waals surface area contributed by atoms with E-state index < -0.39 is 5.91 Å². The number of oxazole rings is 1. The molecule has 0 bridgehead atoms. The number of amides is 1. The normalized spacial score (nSPS) is 12.1. The minimum absolute atomic E-state index is 0.123. The molecule has 2 heterocycles. The van der Waals surface area contributed by atoms with Gasteiger partial charge in [-0.1, -0.05) is 43.1 Å². The van der Waals surface area contributed by atoms with Gasteiger partial charge in [0, 0.05) is 11.8 Å². The number of carbonyl (C=O) groups excluding carboxylic acids is 1. The van der Waals surface area contributed by atoms with Crippen LogP contribution in [0.2, 0.25) is 10.2 Å². The van der Waals surface area contributed by atoms with Gasteiger partial charge in [-0.05, 0) is 60.4 Å². The Balaban J connectivity index is 1.66. The van der Waals surface area contributed by atoms with E-state index in [1.807, 2.05) is 6.07 Å². The molecule has 0 aliphatic heterocycles. The Hall–Kier alpha value is -2.89. The number of rotatable bonds is 5. The van der Waals surface area contributed by atoms with Gasteiger partial charge in [0.2, 0.25) is 5.89 Å². The molecule has 1 atom stereocenters. The topological polar surface area (TPSA) is 68.0 Å². The quantitative estimate of drug-likeness (QED) is 0.341. The van der Waals surface area contributed by atoms with Crippen molar-refractivity contribution in [1.29, 1.82) is 0 Å². The molecule has 0 saturated carbocycles. The highest BCUT2D eigenvalue weighted by Gasteiger charge is 2.16. The average Bonchev–Trinajstić information content (AvgIpc) is 3.18. The Kier molecular flexibility index (Phi) is 5.75. The summed E-state index contributed by atoms with van der Waals surface area (Å²) in [6, 6.07) is 14.5. The molecule has 7 heteroatoms. The van der Waals surface area contributed by atoms with Crippen molar-refractivity contribution in [3.8, 4) is 11.5 Å². The third-order valence-corrected chi connectivity index (χ3v) is 5.69. The first-order valence-corrected chi connectivity index (χ1v) is 10.3. The van der Waals surface area contributed by atoms with Crippen LogP contribution in [-0.2, 0) is 0 Å². The fourth-order valence-electron chi connectivity index (χ4n) is 3.11. The lowest BCUT2D eigenvalue weighted by atomic mass is 9.98. The van der Waals surface area contributed by atoms with Gasteiger partial charge >= 0.3 is 0 Å². The zero-order valence-corrected chi connectivity index (χ0v) is 18.0. The SMILES string of the molecule is CC[C@@H](C)c1ccc2oc(-c3ccc(Cl)c(NC(=O)c4cccnc4Cl)c3)nc2c1. The van der Waals surface area contributed by atoms with Crippen LogP contribution >= 0.6 is 23.2 Å². The Labute approximate surface area is 184 Å². The summed E-state index contributed by atoms with van der Waals surface area (Å²) in [6.45, 7) is 4.34. The van der Waals surface area contributed by atoms with Crippen LogP contribution in [0, 0.1) is 0 Å². The lowest BCUT2D eigenvalue weighted by Gasteiger charge is -2.09. The van der Waals surface area contributed by atoms with E-state index in [1.54, 1.807) is 30.3 Å². The number of nitrogens with zero attached hydrogens (tertiary/aromatic N) is 2. The second kappa shape index (κ2) is 8.46. The van der Waals surface area contributed by atoms with Crippen LogP contribution in [0.5, 0.6) is 0 Å². The maximum absolute atomic E-state index is 12.6. The molecule has 0 spiro atoms. The largest absolute Gasteiger partial charge is 0.436 e. The van der Waals surface area contributed by atoms with Crippen molar-refractivity contribution in [2.75, 3.05) is 5.32 Å². The summed E-state index contributed by atoms with van der Waals surface area (Å²) in [5.74, 6) is 0.506. The third-order valence-electron chi connectivity index (χ3n) is 5.06. The van der Waals surface area contributed by atoms with E-state index in [2.05, 4.69) is 41.3 Å². The fourth-order valence-corrected chi connectivity index (χ4v) is 3.48. The summed E-state index contributed by atoms with van der Waals surface area (Å²) >= 11 is 12.3. The predicted octanol–water partition coefficient (Wildman–Crippen LogP) is 6.96. The molecule has 2 aromatic carbocycles. The summed E-state index contributed by atoms with van der Waals surface area (Å²) in [6.07, 6.45) is 2.57. The van der Waals surface area contributed by atoms with Crippen molar-refractivity contribution in [2.24, 2.45) is 0 Å².